The first-order valence-corrected chi connectivity index (χ1v) is 7.69. The molecule has 1 aromatic carbocycles. The number of nitrogens with two attached hydrogens (primary N) is 1. The Morgan fingerprint density at radius 1 is 1.19 bits per heavy atom. The minimum absolute atomic E-state index is 0.0557. The van der Waals surface area contributed by atoms with Gasteiger partial charge in [-0.3, -0.25) is 4.98 Å². The number of nitrogens with zero attached hydrogens (tertiary/aromatic N) is 2. The van der Waals surface area contributed by atoms with Crippen molar-refractivity contribution in [2.24, 2.45) is 5.73 Å². The number of imidazole rings is 1. The smallest absolute Gasteiger partial charge is 0.265 e. The average Bonchev–Trinajstić information content (AvgIpc) is 2.88. The number of sulfonamides is 1. The molecule has 3 rings (SSSR count). The number of pyridine rings is 1. The van der Waals surface area contributed by atoms with Crippen molar-refractivity contribution in [3.63, 3.8) is 0 Å². The van der Waals surface area contributed by atoms with Crippen LogP contribution in [0, 0.1) is 0 Å². The van der Waals surface area contributed by atoms with E-state index in [2.05, 4.69) is 19.7 Å². The SMILES string of the molecule is NCc1ccc(S(=O)(=O)Nc2nc3ccccc3[nH]2)cn1. The molecule has 108 valence electrons. The Balaban J connectivity index is 1.91. The van der Waals surface area contributed by atoms with Gasteiger partial charge in [0.25, 0.3) is 10.0 Å². The van der Waals surface area contributed by atoms with Crippen molar-refractivity contribution < 1.29 is 8.42 Å². The second-order valence-electron chi connectivity index (χ2n) is 4.40. The Hall–Kier alpha value is -2.45. The molecule has 0 aliphatic rings. The number of aromatic nitrogens is 3. The highest BCUT2D eigenvalue weighted by Gasteiger charge is 2.16. The summed E-state index contributed by atoms with van der Waals surface area (Å²) in [4.78, 5) is 11.1. The summed E-state index contributed by atoms with van der Waals surface area (Å²) < 4.78 is 26.9. The van der Waals surface area contributed by atoms with Gasteiger partial charge in [-0.15, -0.1) is 0 Å². The van der Waals surface area contributed by atoms with Crippen LogP contribution in [0.5, 0.6) is 0 Å². The van der Waals surface area contributed by atoms with E-state index in [0.717, 1.165) is 5.52 Å². The van der Waals surface area contributed by atoms with Crippen molar-refractivity contribution in [2.45, 2.75) is 11.4 Å². The molecule has 0 spiro atoms. The third kappa shape index (κ3) is 2.71. The quantitative estimate of drug-likeness (QED) is 0.670. The molecule has 0 saturated carbocycles. The predicted molar refractivity (Wildman–Crippen MR) is 79.0 cm³/mol. The first kappa shape index (κ1) is 13.5. The number of para-hydroxylation sites is 2. The molecule has 3 aromatic rings. The van der Waals surface area contributed by atoms with Gasteiger partial charge < -0.3 is 10.7 Å². The monoisotopic (exact) mass is 303 g/mol. The van der Waals surface area contributed by atoms with Gasteiger partial charge in [-0.1, -0.05) is 12.1 Å². The highest BCUT2D eigenvalue weighted by atomic mass is 32.2. The topological polar surface area (TPSA) is 114 Å². The molecular formula is C13H13N5O2S. The zero-order valence-electron chi connectivity index (χ0n) is 10.9. The summed E-state index contributed by atoms with van der Waals surface area (Å²) in [6.07, 6.45) is 1.27. The number of fused-ring (bicyclic) bond motifs is 1. The lowest BCUT2D eigenvalue weighted by molar-refractivity contribution is 0.600. The van der Waals surface area contributed by atoms with Gasteiger partial charge in [0.2, 0.25) is 5.95 Å². The van der Waals surface area contributed by atoms with E-state index in [1.165, 1.54) is 12.3 Å². The number of benzene rings is 1. The van der Waals surface area contributed by atoms with E-state index in [9.17, 15) is 8.42 Å². The van der Waals surface area contributed by atoms with E-state index < -0.39 is 10.0 Å². The first-order valence-electron chi connectivity index (χ1n) is 6.21. The maximum atomic E-state index is 12.2. The molecule has 0 radical (unpaired) electrons. The molecule has 0 aliphatic heterocycles. The third-order valence-electron chi connectivity index (χ3n) is 2.94. The van der Waals surface area contributed by atoms with Crippen LogP contribution in [0.4, 0.5) is 5.95 Å². The van der Waals surface area contributed by atoms with Gasteiger partial charge in [-0.05, 0) is 24.3 Å². The fourth-order valence-corrected chi connectivity index (χ4v) is 2.79. The number of hydrogen-bond acceptors (Lipinski definition) is 5. The molecule has 2 aromatic heterocycles. The molecule has 21 heavy (non-hydrogen) atoms. The lowest BCUT2D eigenvalue weighted by Gasteiger charge is -2.05. The fourth-order valence-electron chi connectivity index (χ4n) is 1.88. The summed E-state index contributed by atoms with van der Waals surface area (Å²) in [5.41, 5.74) is 7.50. The van der Waals surface area contributed by atoms with Gasteiger partial charge in [-0.2, -0.15) is 0 Å². The molecule has 0 bridgehead atoms. The van der Waals surface area contributed by atoms with Crippen molar-refractivity contribution in [1.82, 2.24) is 15.0 Å². The van der Waals surface area contributed by atoms with Crippen molar-refractivity contribution >= 4 is 27.0 Å². The summed E-state index contributed by atoms with van der Waals surface area (Å²) in [5, 5.41) is 0. The zero-order chi connectivity index (χ0) is 14.9. The molecular weight excluding hydrogens is 290 g/mol. The minimum atomic E-state index is -3.73. The van der Waals surface area contributed by atoms with Crippen molar-refractivity contribution in [1.29, 1.82) is 0 Å². The van der Waals surface area contributed by atoms with Gasteiger partial charge in [0.15, 0.2) is 0 Å². The molecule has 7 nitrogen and oxygen atoms in total. The zero-order valence-corrected chi connectivity index (χ0v) is 11.8. The Labute approximate surface area is 121 Å². The second-order valence-corrected chi connectivity index (χ2v) is 6.08. The number of hydrogen-bond donors (Lipinski definition) is 3. The number of anilines is 1. The third-order valence-corrected chi connectivity index (χ3v) is 4.26. The van der Waals surface area contributed by atoms with Crippen LogP contribution in [-0.4, -0.2) is 23.4 Å². The van der Waals surface area contributed by atoms with E-state index in [-0.39, 0.29) is 17.4 Å². The summed E-state index contributed by atoms with van der Waals surface area (Å²) in [6.45, 7) is 0.261. The Morgan fingerprint density at radius 2 is 2.00 bits per heavy atom. The summed E-state index contributed by atoms with van der Waals surface area (Å²) >= 11 is 0. The van der Waals surface area contributed by atoms with Crippen molar-refractivity contribution in [3.05, 3.63) is 48.3 Å². The highest BCUT2D eigenvalue weighted by molar-refractivity contribution is 7.92. The molecule has 0 fully saturated rings. The Morgan fingerprint density at radius 3 is 2.67 bits per heavy atom. The summed E-state index contributed by atoms with van der Waals surface area (Å²) in [5.74, 6) is 0.166. The van der Waals surface area contributed by atoms with E-state index in [1.54, 1.807) is 12.1 Å². The lowest BCUT2D eigenvalue weighted by Crippen LogP contribution is -2.14. The minimum Gasteiger partial charge on any atom is -0.325 e. The predicted octanol–water partition coefficient (Wildman–Crippen LogP) is 1.22. The Kier molecular flexibility index (Phi) is 3.32. The van der Waals surface area contributed by atoms with Gasteiger partial charge in [0.1, 0.15) is 4.90 Å². The van der Waals surface area contributed by atoms with E-state index in [4.69, 9.17) is 5.73 Å². The van der Waals surface area contributed by atoms with E-state index in [1.807, 2.05) is 18.2 Å². The van der Waals surface area contributed by atoms with Gasteiger partial charge in [-0.25, -0.2) is 18.1 Å². The number of H-pyrrole nitrogens is 1. The molecule has 8 heteroatoms. The molecule has 0 aliphatic carbocycles. The van der Waals surface area contributed by atoms with Gasteiger partial charge >= 0.3 is 0 Å². The maximum Gasteiger partial charge on any atom is 0.265 e. The lowest BCUT2D eigenvalue weighted by atomic mass is 10.3. The summed E-state index contributed by atoms with van der Waals surface area (Å²) in [7, 11) is -3.73. The van der Waals surface area contributed by atoms with Gasteiger partial charge in [0.05, 0.1) is 16.7 Å². The van der Waals surface area contributed by atoms with Crippen LogP contribution in [-0.2, 0) is 16.6 Å². The largest absolute Gasteiger partial charge is 0.325 e. The highest BCUT2D eigenvalue weighted by Crippen LogP contribution is 2.17. The fraction of sp³-hybridized carbons (Fsp3) is 0.0769. The number of nitrogens with one attached hydrogen (secondary N) is 2. The van der Waals surface area contributed by atoms with Crippen molar-refractivity contribution in [2.75, 3.05) is 4.72 Å². The van der Waals surface area contributed by atoms with Crippen molar-refractivity contribution in [3.8, 4) is 0 Å². The van der Waals surface area contributed by atoms with Crippen LogP contribution < -0.4 is 10.5 Å². The van der Waals surface area contributed by atoms with E-state index >= 15 is 0 Å². The molecule has 0 saturated heterocycles. The first-order chi connectivity index (χ1) is 10.1. The average molecular weight is 303 g/mol. The standard InChI is InChI=1S/C13H13N5O2S/c14-7-9-5-6-10(8-15-9)21(19,20)18-13-16-11-3-1-2-4-12(11)17-13/h1-6,8H,7,14H2,(H2,16,17,18). The van der Waals surface area contributed by atoms with Gasteiger partial charge in [0, 0.05) is 12.7 Å². The normalized spacial score (nSPS) is 11.7. The number of rotatable bonds is 4. The molecule has 2 heterocycles. The van der Waals surface area contributed by atoms with Crippen LogP contribution in [0.25, 0.3) is 11.0 Å². The maximum absolute atomic E-state index is 12.2. The summed E-state index contributed by atoms with van der Waals surface area (Å²) in [6, 6.07) is 10.3. The van der Waals surface area contributed by atoms with Crippen LogP contribution in [0.15, 0.2) is 47.5 Å². The number of aromatic amines is 1. The van der Waals surface area contributed by atoms with Crippen LogP contribution in [0.2, 0.25) is 0 Å². The van der Waals surface area contributed by atoms with Crippen LogP contribution in [0.1, 0.15) is 5.69 Å². The molecule has 0 amide bonds. The molecule has 0 atom stereocenters. The van der Waals surface area contributed by atoms with E-state index in [0.29, 0.717) is 11.2 Å². The van der Waals surface area contributed by atoms with Crippen LogP contribution >= 0.6 is 0 Å². The second kappa shape index (κ2) is 5.15. The molecule has 0 unspecified atom stereocenters. The Bertz CT molecular complexity index is 838. The molecule has 4 N–H and O–H groups in total. The van der Waals surface area contributed by atoms with Crippen LogP contribution in [0.3, 0.4) is 0 Å².